The van der Waals surface area contributed by atoms with Crippen LogP contribution in [-0.4, -0.2) is 0 Å². The molecule has 4 heteroatoms. The quantitative estimate of drug-likeness (QED) is 0.590. The van der Waals surface area contributed by atoms with Gasteiger partial charge in [-0.25, -0.2) is 13.2 Å². The lowest BCUT2D eigenvalue weighted by Gasteiger charge is -2.21. The van der Waals surface area contributed by atoms with Crippen LogP contribution in [0.4, 0.5) is 13.2 Å². The zero-order chi connectivity index (χ0) is 15.1. The van der Waals surface area contributed by atoms with Gasteiger partial charge in [0.2, 0.25) is 0 Å². The third kappa shape index (κ3) is 2.68. The van der Waals surface area contributed by atoms with Crippen molar-refractivity contribution in [3.05, 3.63) is 58.4 Å². The van der Waals surface area contributed by atoms with Gasteiger partial charge in [0.15, 0.2) is 11.6 Å². The van der Waals surface area contributed by atoms with Gasteiger partial charge in [0, 0.05) is 11.1 Å². The van der Waals surface area contributed by atoms with Crippen LogP contribution in [0.3, 0.4) is 0 Å². The molecule has 0 radical (unpaired) electrons. The van der Waals surface area contributed by atoms with Crippen molar-refractivity contribution in [2.45, 2.75) is 26.2 Å². The number of hydrogen-bond acceptors (Lipinski definition) is 0. The van der Waals surface area contributed by atoms with E-state index in [2.05, 4.69) is 0 Å². The molecular weight excluding hydrogens is 285 g/mol. The second-order valence-electron chi connectivity index (χ2n) is 5.66. The van der Waals surface area contributed by atoms with Crippen molar-refractivity contribution in [1.82, 2.24) is 0 Å². The highest BCUT2D eigenvalue weighted by molar-refractivity contribution is 6.33. The zero-order valence-electron chi connectivity index (χ0n) is 11.4. The van der Waals surface area contributed by atoms with Gasteiger partial charge in [0.1, 0.15) is 5.82 Å². The van der Waals surface area contributed by atoms with E-state index < -0.39 is 22.9 Å². The van der Waals surface area contributed by atoms with Crippen LogP contribution in [0.25, 0.3) is 11.1 Å². The minimum Gasteiger partial charge on any atom is -0.206 e. The Hall–Kier alpha value is -1.48. The molecule has 0 aromatic heterocycles. The molecule has 2 rings (SSSR count). The number of rotatable bonds is 1. The first-order valence-electron chi connectivity index (χ1n) is 6.15. The molecule has 0 spiro atoms. The van der Waals surface area contributed by atoms with Gasteiger partial charge in [-0.05, 0) is 23.1 Å². The molecule has 0 saturated carbocycles. The largest absolute Gasteiger partial charge is 0.206 e. The van der Waals surface area contributed by atoms with Crippen molar-refractivity contribution >= 4 is 11.6 Å². The second-order valence-corrected chi connectivity index (χ2v) is 6.07. The Morgan fingerprint density at radius 1 is 0.900 bits per heavy atom. The molecule has 106 valence electrons. The summed E-state index contributed by atoms with van der Waals surface area (Å²) in [5, 5.41) is -0.0196. The molecule has 20 heavy (non-hydrogen) atoms. The molecule has 0 amide bonds. The average Bonchev–Trinajstić information content (AvgIpc) is 2.33. The van der Waals surface area contributed by atoms with Crippen LogP contribution in [0.5, 0.6) is 0 Å². The maximum Gasteiger partial charge on any atom is 0.160 e. The van der Waals surface area contributed by atoms with Crippen LogP contribution in [0, 0.1) is 17.5 Å². The predicted octanol–water partition coefficient (Wildman–Crippen LogP) is 5.72. The Morgan fingerprint density at radius 2 is 1.50 bits per heavy atom. The summed E-state index contributed by atoms with van der Waals surface area (Å²) in [4.78, 5) is 0. The molecule has 2 aromatic rings. The summed E-state index contributed by atoms with van der Waals surface area (Å²) in [6, 6.07) is 6.63. The molecule has 0 bridgehead atoms. The first-order chi connectivity index (χ1) is 9.21. The van der Waals surface area contributed by atoms with Crippen LogP contribution in [-0.2, 0) is 5.41 Å². The Morgan fingerprint density at radius 3 is 2.10 bits per heavy atom. The van der Waals surface area contributed by atoms with Gasteiger partial charge in [-0.2, -0.15) is 0 Å². The predicted molar refractivity (Wildman–Crippen MR) is 75.5 cm³/mol. The van der Waals surface area contributed by atoms with Crippen LogP contribution in [0.1, 0.15) is 26.3 Å². The van der Waals surface area contributed by atoms with E-state index in [0.717, 1.165) is 12.1 Å². The Balaban J connectivity index is 2.69. The van der Waals surface area contributed by atoms with Gasteiger partial charge >= 0.3 is 0 Å². The molecule has 0 N–H and O–H groups in total. The van der Waals surface area contributed by atoms with Gasteiger partial charge < -0.3 is 0 Å². The maximum atomic E-state index is 14.6. The Labute approximate surface area is 121 Å². The monoisotopic (exact) mass is 298 g/mol. The summed E-state index contributed by atoms with van der Waals surface area (Å²) in [5.74, 6) is -2.57. The second kappa shape index (κ2) is 5.13. The smallest absolute Gasteiger partial charge is 0.160 e. The molecule has 0 heterocycles. The number of benzene rings is 2. The van der Waals surface area contributed by atoms with E-state index in [9.17, 15) is 13.2 Å². The van der Waals surface area contributed by atoms with Crippen LogP contribution < -0.4 is 0 Å². The molecule has 2 aromatic carbocycles. The fourth-order valence-corrected chi connectivity index (χ4v) is 2.30. The van der Waals surface area contributed by atoms with E-state index in [1.54, 1.807) is 12.1 Å². The fraction of sp³-hybridized carbons (Fsp3) is 0.250. The van der Waals surface area contributed by atoms with E-state index in [4.69, 9.17) is 11.6 Å². The standard InChI is InChI=1S/C16H14ClF3/c1-16(2,3)11-6-4-5-9(15(11)20)10-7-13(18)14(19)8-12(10)17/h4-8H,1-3H3. The third-order valence-corrected chi connectivity index (χ3v) is 3.42. The fourth-order valence-electron chi connectivity index (χ4n) is 2.05. The lowest BCUT2D eigenvalue weighted by Crippen LogP contribution is -2.14. The Bertz CT molecular complexity index is 658. The lowest BCUT2D eigenvalue weighted by molar-refractivity contribution is 0.508. The normalized spacial score (nSPS) is 11.8. The molecule has 0 nitrogen and oxygen atoms in total. The van der Waals surface area contributed by atoms with Crippen LogP contribution in [0.15, 0.2) is 30.3 Å². The molecule has 0 atom stereocenters. The van der Waals surface area contributed by atoms with E-state index in [1.807, 2.05) is 20.8 Å². The summed E-state index contributed by atoms with van der Waals surface area (Å²) < 4.78 is 41.0. The van der Waals surface area contributed by atoms with Gasteiger partial charge in [0.05, 0.1) is 5.02 Å². The minimum atomic E-state index is -1.05. The SMILES string of the molecule is CC(C)(C)c1cccc(-c2cc(F)c(F)cc2Cl)c1F. The van der Waals surface area contributed by atoms with E-state index >= 15 is 0 Å². The Kier molecular flexibility index (Phi) is 3.83. The van der Waals surface area contributed by atoms with Crippen molar-refractivity contribution < 1.29 is 13.2 Å². The van der Waals surface area contributed by atoms with E-state index in [1.165, 1.54) is 6.07 Å². The maximum absolute atomic E-state index is 14.6. The molecule has 0 fully saturated rings. The zero-order valence-corrected chi connectivity index (χ0v) is 12.2. The number of halogens is 4. The van der Waals surface area contributed by atoms with E-state index in [0.29, 0.717) is 5.56 Å². The molecule has 0 unspecified atom stereocenters. The topological polar surface area (TPSA) is 0 Å². The van der Waals surface area contributed by atoms with Gasteiger partial charge in [-0.3, -0.25) is 0 Å². The lowest BCUT2D eigenvalue weighted by atomic mass is 9.85. The van der Waals surface area contributed by atoms with Gasteiger partial charge in [0.25, 0.3) is 0 Å². The van der Waals surface area contributed by atoms with Crippen molar-refractivity contribution in [3.63, 3.8) is 0 Å². The average molecular weight is 299 g/mol. The molecule has 0 aliphatic rings. The first-order valence-corrected chi connectivity index (χ1v) is 6.53. The highest BCUT2D eigenvalue weighted by atomic mass is 35.5. The summed E-state index contributed by atoms with van der Waals surface area (Å²) in [6.45, 7) is 5.63. The van der Waals surface area contributed by atoms with Crippen molar-refractivity contribution in [3.8, 4) is 11.1 Å². The van der Waals surface area contributed by atoms with Crippen molar-refractivity contribution in [2.75, 3.05) is 0 Å². The first kappa shape index (κ1) is 14.9. The van der Waals surface area contributed by atoms with Crippen molar-refractivity contribution in [2.24, 2.45) is 0 Å². The van der Waals surface area contributed by atoms with Crippen molar-refractivity contribution in [1.29, 1.82) is 0 Å². The summed E-state index contributed by atoms with van der Waals surface area (Å²) in [5.41, 5.74) is 0.414. The van der Waals surface area contributed by atoms with Crippen LogP contribution in [0.2, 0.25) is 5.02 Å². The molecule has 0 aliphatic carbocycles. The minimum absolute atomic E-state index is 0.0196. The molecule has 0 saturated heterocycles. The highest BCUT2D eigenvalue weighted by Gasteiger charge is 2.22. The van der Waals surface area contributed by atoms with E-state index in [-0.39, 0.29) is 16.1 Å². The third-order valence-electron chi connectivity index (χ3n) is 3.11. The number of hydrogen-bond donors (Lipinski definition) is 0. The van der Waals surface area contributed by atoms with Gasteiger partial charge in [-0.15, -0.1) is 0 Å². The summed E-state index contributed by atoms with van der Waals surface area (Å²) >= 11 is 5.90. The molecular formula is C16H14ClF3. The summed E-state index contributed by atoms with van der Waals surface area (Å²) in [7, 11) is 0. The highest BCUT2D eigenvalue weighted by Crippen LogP contribution is 2.35. The van der Waals surface area contributed by atoms with Gasteiger partial charge in [-0.1, -0.05) is 50.6 Å². The molecule has 0 aliphatic heterocycles. The summed E-state index contributed by atoms with van der Waals surface area (Å²) in [6.07, 6.45) is 0. The van der Waals surface area contributed by atoms with Crippen LogP contribution >= 0.6 is 11.6 Å².